The Hall–Kier alpha value is -2.51. The Balaban J connectivity index is 1.75. The molecule has 6 nitrogen and oxygen atoms in total. The first-order valence-corrected chi connectivity index (χ1v) is 9.01. The molecule has 0 aromatic heterocycles. The molecule has 0 spiro atoms. The third kappa shape index (κ3) is 6.96. The molecule has 0 radical (unpaired) electrons. The normalized spacial score (nSPS) is 10.0. The fourth-order valence-corrected chi connectivity index (χ4v) is 2.56. The maximum absolute atomic E-state index is 12.0. The fraction of sp³-hybridized carbons (Fsp3) is 0.263. The molecule has 2 N–H and O–H groups in total. The highest BCUT2D eigenvalue weighted by Crippen LogP contribution is 2.28. The molecule has 0 aliphatic rings. The average molecular weight is 409 g/mol. The van der Waals surface area contributed by atoms with Gasteiger partial charge in [0.25, 0.3) is 0 Å². The van der Waals surface area contributed by atoms with Crippen molar-refractivity contribution in [1.82, 2.24) is 5.32 Å². The summed E-state index contributed by atoms with van der Waals surface area (Å²) in [5.41, 5.74) is 0.605. The summed E-state index contributed by atoms with van der Waals surface area (Å²) in [4.78, 5) is 12.0. The van der Waals surface area contributed by atoms with Crippen LogP contribution in [0.3, 0.4) is 0 Å². The zero-order valence-corrected chi connectivity index (χ0v) is 16.7. The van der Waals surface area contributed by atoms with Gasteiger partial charge in [-0.1, -0.05) is 11.6 Å². The largest absolute Gasteiger partial charge is 0.497 e. The number of carbonyl (C=O) groups excluding carboxylic acids is 1. The third-order valence-corrected chi connectivity index (χ3v) is 3.99. The summed E-state index contributed by atoms with van der Waals surface area (Å²) in [5, 5.41) is 6.41. The lowest BCUT2D eigenvalue weighted by Gasteiger charge is -2.14. The molecule has 0 heterocycles. The molecule has 0 saturated carbocycles. The predicted molar refractivity (Wildman–Crippen MR) is 110 cm³/mol. The second kappa shape index (κ2) is 10.6. The molecule has 0 atom stereocenters. The Morgan fingerprint density at radius 2 is 1.78 bits per heavy atom. The number of rotatable bonds is 8. The minimum Gasteiger partial charge on any atom is -0.497 e. The molecule has 0 fully saturated rings. The first-order chi connectivity index (χ1) is 13.0. The van der Waals surface area contributed by atoms with Crippen molar-refractivity contribution in [3.05, 3.63) is 47.5 Å². The van der Waals surface area contributed by atoms with Gasteiger partial charge in [-0.15, -0.1) is 0 Å². The molecule has 2 rings (SSSR count). The molecule has 144 valence electrons. The van der Waals surface area contributed by atoms with Gasteiger partial charge in [0.1, 0.15) is 17.2 Å². The van der Waals surface area contributed by atoms with Crippen molar-refractivity contribution < 1.29 is 19.0 Å². The van der Waals surface area contributed by atoms with E-state index in [4.69, 9.17) is 38.0 Å². The lowest BCUT2D eigenvalue weighted by Crippen LogP contribution is -2.34. The van der Waals surface area contributed by atoms with E-state index in [1.807, 2.05) is 0 Å². The van der Waals surface area contributed by atoms with Gasteiger partial charge in [0, 0.05) is 17.5 Å². The molecule has 0 saturated heterocycles. The van der Waals surface area contributed by atoms with E-state index in [1.165, 1.54) is 0 Å². The maximum Gasteiger partial charge on any atom is 0.226 e. The first kappa shape index (κ1) is 20.8. The van der Waals surface area contributed by atoms with Crippen LogP contribution in [0.4, 0.5) is 5.69 Å². The van der Waals surface area contributed by atoms with Crippen LogP contribution in [-0.4, -0.2) is 31.8 Å². The fourth-order valence-electron chi connectivity index (χ4n) is 2.21. The van der Waals surface area contributed by atoms with E-state index >= 15 is 0 Å². The number of anilines is 1. The van der Waals surface area contributed by atoms with Gasteiger partial charge in [-0.3, -0.25) is 4.79 Å². The number of benzene rings is 2. The third-order valence-electron chi connectivity index (χ3n) is 3.54. The van der Waals surface area contributed by atoms with Crippen LogP contribution in [0.2, 0.25) is 5.02 Å². The van der Waals surface area contributed by atoms with Crippen molar-refractivity contribution >= 4 is 40.5 Å². The highest BCUT2D eigenvalue weighted by Gasteiger charge is 2.09. The standard InChI is InChI=1S/C19H21ClN2O4S/c1-24-15-9-10-17(25-2)16(12-15)21-19(27)22-18(23)4-3-11-26-14-7-5-13(20)6-8-14/h5-10,12H,3-4,11H2,1-2H3,(H2,21,22,23,27). The van der Waals surface area contributed by atoms with Gasteiger partial charge in [-0.2, -0.15) is 0 Å². The molecule has 27 heavy (non-hydrogen) atoms. The molecule has 0 bridgehead atoms. The van der Waals surface area contributed by atoms with Crippen molar-refractivity contribution in [3.8, 4) is 17.2 Å². The summed E-state index contributed by atoms with van der Waals surface area (Å²) in [6, 6.07) is 12.3. The van der Waals surface area contributed by atoms with Crippen molar-refractivity contribution in [3.63, 3.8) is 0 Å². The lowest BCUT2D eigenvalue weighted by atomic mass is 10.2. The summed E-state index contributed by atoms with van der Waals surface area (Å²) in [6.45, 7) is 0.416. The van der Waals surface area contributed by atoms with E-state index < -0.39 is 0 Å². The van der Waals surface area contributed by atoms with E-state index in [0.29, 0.717) is 41.0 Å². The SMILES string of the molecule is COc1ccc(OC)c(NC(=S)NC(=O)CCCOc2ccc(Cl)cc2)c1. The van der Waals surface area contributed by atoms with E-state index in [9.17, 15) is 4.79 Å². The van der Waals surface area contributed by atoms with Crippen molar-refractivity contribution in [1.29, 1.82) is 0 Å². The molecular formula is C19H21ClN2O4S. The summed E-state index contributed by atoms with van der Waals surface area (Å²) in [7, 11) is 3.12. The zero-order chi connectivity index (χ0) is 19.6. The molecule has 0 aliphatic carbocycles. The van der Waals surface area contributed by atoms with E-state index in [-0.39, 0.29) is 17.4 Å². The van der Waals surface area contributed by atoms with Crippen molar-refractivity contribution in [2.75, 3.05) is 26.1 Å². The van der Waals surface area contributed by atoms with Gasteiger partial charge < -0.3 is 24.8 Å². The monoisotopic (exact) mass is 408 g/mol. The summed E-state index contributed by atoms with van der Waals surface area (Å²) in [5.74, 6) is 1.74. The molecular weight excluding hydrogens is 388 g/mol. The van der Waals surface area contributed by atoms with Gasteiger partial charge in [0.2, 0.25) is 5.91 Å². The summed E-state index contributed by atoms with van der Waals surface area (Å²) >= 11 is 11.0. The second-order valence-corrected chi connectivity index (χ2v) is 6.32. The lowest BCUT2D eigenvalue weighted by molar-refractivity contribution is -0.119. The number of ether oxygens (including phenoxy) is 3. The van der Waals surface area contributed by atoms with Crippen molar-refractivity contribution in [2.24, 2.45) is 0 Å². The molecule has 0 aliphatic heterocycles. The number of amides is 1. The van der Waals surface area contributed by atoms with Gasteiger partial charge in [0.05, 0.1) is 26.5 Å². The number of thiocarbonyl (C=S) groups is 1. The molecule has 1 amide bonds. The molecule has 0 unspecified atom stereocenters. The van der Waals surface area contributed by atoms with Crippen LogP contribution in [0.1, 0.15) is 12.8 Å². The van der Waals surface area contributed by atoms with E-state index in [1.54, 1.807) is 56.7 Å². The Morgan fingerprint density at radius 1 is 1.07 bits per heavy atom. The summed E-state index contributed by atoms with van der Waals surface area (Å²) < 4.78 is 16.0. The van der Waals surface area contributed by atoms with Gasteiger partial charge in [-0.05, 0) is 55.0 Å². The molecule has 8 heteroatoms. The Morgan fingerprint density at radius 3 is 2.44 bits per heavy atom. The number of hydrogen-bond donors (Lipinski definition) is 2. The van der Waals surface area contributed by atoms with Gasteiger partial charge in [0.15, 0.2) is 5.11 Å². The number of methoxy groups -OCH3 is 2. The maximum atomic E-state index is 12.0. The van der Waals surface area contributed by atoms with Crippen LogP contribution in [0, 0.1) is 0 Å². The van der Waals surface area contributed by atoms with Crippen LogP contribution in [0.25, 0.3) is 0 Å². The summed E-state index contributed by atoms with van der Waals surface area (Å²) in [6.07, 6.45) is 0.838. The number of hydrogen-bond acceptors (Lipinski definition) is 5. The van der Waals surface area contributed by atoms with Crippen LogP contribution >= 0.6 is 23.8 Å². The Labute approximate surface area is 168 Å². The zero-order valence-electron chi connectivity index (χ0n) is 15.1. The Bertz CT molecular complexity index is 784. The van der Waals surface area contributed by atoms with Crippen molar-refractivity contribution in [2.45, 2.75) is 12.8 Å². The average Bonchev–Trinajstić information content (AvgIpc) is 2.66. The second-order valence-electron chi connectivity index (χ2n) is 5.47. The number of halogens is 1. The van der Waals surface area contributed by atoms with Crippen LogP contribution in [0.5, 0.6) is 17.2 Å². The van der Waals surface area contributed by atoms with Crippen LogP contribution in [-0.2, 0) is 4.79 Å². The minimum atomic E-state index is -0.200. The highest BCUT2D eigenvalue weighted by molar-refractivity contribution is 7.80. The smallest absolute Gasteiger partial charge is 0.226 e. The molecule has 2 aromatic carbocycles. The Kier molecular flexibility index (Phi) is 8.16. The predicted octanol–water partition coefficient (Wildman–Crippen LogP) is 4.03. The topological polar surface area (TPSA) is 68.8 Å². The number of nitrogens with one attached hydrogen (secondary N) is 2. The van der Waals surface area contributed by atoms with Gasteiger partial charge >= 0.3 is 0 Å². The van der Waals surface area contributed by atoms with Crippen LogP contribution in [0.15, 0.2) is 42.5 Å². The van der Waals surface area contributed by atoms with Gasteiger partial charge in [-0.25, -0.2) is 0 Å². The highest BCUT2D eigenvalue weighted by atomic mass is 35.5. The first-order valence-electron chi connectivity index (χ1n) is 8.23. The number of carbonyl (C=O) groups is 1. The minimum absolute atomic E-state index is 0.185. The van der Waals surface area contributed by atoms with Crippen LogP contribution < -0.4 is 24.8 Å². The van der Waals surface area contributed by atoms with E-state index in [2.05, 4.69) is 10.6 Å². The quantitative estimate of drug-likeness (QED) is 0.507. The molecule has 2 aromatic rings. The van der Waals surface area contributed by atoms with E-state index in [0.717, 1.165) is 0 Å².